The van der Waals surface area contributed by atoms with Gasteiger partial charge in [0.05, 0.1) is 6.54 Å². The Balaban J connectivity index is 2.06. The first-order valence-electron chi connectivity index (χ1n) is 6.49. The van der Waals surface area contributed by atoms with Gasteiger partial charge >= 0.3 is 0 Å². The molecule has 1 unspecified atom stereocenters. The molecule has 1 atom stereocenters. The Bertz CT molecular complexity index is 527. The Morgan fingerprint density at radius 1 is 1.53 bits per heavy atom. The fourth-order valence-corrected chi connectivity index (χ4v) is 3.77. The summed E-state index contributed by atoms with van der Waals surface area (Å²) in [7, 11) is -1.84. The minimum absolute atomic E-state index is 0.192. The lowest BCUT2D eigenvalue weighted by Crippen LogP contribution is -2.46. The number of H-pyrrole nitrogens is 1. The number of aromatic nitrogens is 3. The first-order chi connectivity index (χ1) is 8.89. The van der Waals surface area contributed by atoms with Gasteiger partial charge in [0, 0.05) is 20.1 Å². The molecule has 108 valence electrons. The topological polar surface area (TPSA) is 82.2 Å². The van der Waals surface area contributed by atoms with Crippen LogP contribution in [0.15, 0.2) is 0 Å². The monoisotopic (exact) mass is 287 g/mol. The molecule has 0 saturated carbocycles. The molecule has 1 saturated heterocycles. The molecule has 1 fully saturated rings. The summed E-state index contributed by atoms with van der Waals surface area (Å²) in [6.07, 6.45) is 2.02. The van der Waals surface area contributed by atoms with E-state index in [9.17, 15) is 8.42 Å². The van der Waals surface area contributed by atoms with Crippen molar-refractivity contribution in [2.45, 2.75) is 33.2 Å². The van der Waals surface area contributed by atoms with E-state index in [4.69, 9.17) is 0 Å². The third-order valence-electron chi connectivity index (χ3n) is 3.35. The van der Waals surface area contributed by atoms with Crippen molar-refractivity contribution < 1.29 is 8.42 Å². The predicted molar refractivity (Wildman–Crippen MR) is 71.5 cm³/mol. The molecule has 0 aromatic carbocycles. The summed E-state index contributed by atoms with van der Waals surface area (Å²) >= 11 is 0. The van der Waals surface area contributed by atoms with Crippen molar-refractivity contribution in [3.05, 3.63) is 11.6 Å². The van der Waals surface area contributed by atoms with Gasteiger partial charge in [0.2, 0.25) is 0 Å². The fourth-order valence-electron chi connectivity index (χ4n) is 2.29. The van der Waals surface area contributed by atoms with Crippen molar-refractivity contribution in [2.75, 3.05) is 20.1 Å². The second kappa shape index (κ2) is 5.56. The molecule has 19 heavy (non-hydrogen) atoms. The second-order valence-corrected chi connectivity index (χ2v) is 7.24. The van der Waals surface area contributed by atoms with Crippen molar-refractivity contribution in [3.8, 4) is 0 Å². The number of aryl methyl sites for hydroxylation is 1. The molecule has 0 radical (unpaired) electrons. The molecule has 0 bridgehead atoms. The molecule has 7 nitrogen and oxygen atoms in total. The van der Waals surface area contributed by atoms with Crippen LogP contribution in [0.25, 0.3) is 0 Å². The van der Waals surface area contributed by atoms with Crippen molar-refractivity contribution in [1.29, 1.82) is 0 Å². The molecule has 1 aliphatic heterocycles. The van der Waals surface area contributed by atoms with Crippen molar-refractivity contribution in [1.82, 2.24) is 23.8 Å². The quantitative estimate of drug-likeness (QED) is 0.875. The van der Waals surface area contributed by atoms with Gasteiger partial charge in [-0.25, -0.2) is 4.98 Å². The van der Waals surface area contributed by atoms with Gasteiger partial charge in [-0.15, -0.1) is 0 Å². The Kier molecular flexibility index (Phi) is 4.22. The van der Waals surface area contributed by atoms with Crippen molar-refractivity contribution in [2.24, 2.45) is 5.92 Å². The van der Waals surface area contributed by atoms with Gasteiger partial charge in [0.15, 0.2) is 5.82 Å². The Morgan fingerprint density at radius 2 is 2.26 bits per heavy atom. The predicted octanol–water partition coefficient (Wildman–Crippen LogP) is 0.522. The summed E-state index contributed by atoms with van der Waals surface area (Å²) in [4.78, 5) is 4.13. The summed E-state index contributed by atoms with van der Waals surface area (Å²) in [5.41, 5.74) is 0. The number of aromatic amines is 1. The zero-order valence-electron chi connectivity index (χ0n) is 11.6. The molecule has 8 heteroatoms. The van der Waals surface area contributed by atoms with Crippen LogP contribution in [0.2, 0.25) is 0 Å². The van der Waals surface area contributed by atoms with E-state index in [-0.39, 0.29) is 6.54 Å². The number of nitrogens with zero attached hydrogens (tertiary/aromatic N) is 4. The van der Waals surface area contributed by atoms with Gasteiger partial charge in [-0.1, -0.05) is 6.92 Å². The maximum absolute atomic E-state index is 12.4. The number of piperidine rings is 1. The number of hydrogen-bond acceptors (Lipinski definition) is 4. The fraction of sp³-hybridized carbons (Fsp3) is 0.818. The van der Waals surface area contributed by atoms with Gasteiger partial charge in [0.25, 0.3) is 10.2 Å². The average molecular weight is 287 g/mol. The highest BCUT2D eigenvalue weighted by atomic mass is 32.2. The highest BCUT2D eigenvalue weighted by Gasteiger charge is 2.30. The van der Waals surface area contributed by atoms with Crippen LogP contribution < -0.4 is 0 Å². The maximum Gasteiger partial charge on any atom is 0.282 e. The lowest BCUT2D eigenvalue weighted by molar-refractivity contribution is 0.262. The van der Waals surface area contributed by atoms with E-state index < -0.39 is 10.2 Å². The van der Waals surface area contributed by atoms with Gasteiger partial charge < -0.3 is 0 Å². The van der Waals surface area contributed by atoms with Crippen LogP contribution in [0, 0.1) is 12.8 Å². The van der Waals surface area contributed by atoms with Crippen LogP contribution in [0.1, 0.15) is 31.4 Å². The number of nitrogens with one attached hydrogen (secondary N) is 1. The van der Waals surface area contributed by atoms with Crippen LogP contribution >= 0.6 is 0 Å². The summed E-state index contributed by atoms with van der Waals surface area (Å²) in [6, 6.07) is 0. The van der Waals surface area contributed by atoms with E-state index in [0.717, 1.165) is 12.8 Å². The minimum Gasteiger partial charge on any atom is -0.263 e. The Labute approximate surface area is 114 Å². The summed E-state index contributed by atoms with van der Waals surface area (Å²) < 4.78 is 27.7. The van der Waals surface area contributed by atoms with Crippen LogP contribution in [0.3, 0.4) is 0 Å². The van der Waals surface area contributed by atoms with Gasteiger partial charge in [-0.05, 0) is 25.7 Å². The molecular formula is C11H21N5O2S. The molecular weight excluding hydrogens is 266 g/mol. The molecule has 1 aliphatic rings. The Hall–Kier alpha value is -0.990. The molecule has 1 aromatic heterocycles. The molecule has 0 spiro atoms. The smallest absolute Gasteiger partial charge is 0.263 e. The first-order valence-corrected chi connectivity index (χ1v) is 7.88. The number of hydrogen-bond donors (Lipinski definition) is 1. The van der Waals surface area contributed by atoms with E-state index in [2.05, 4.69) is 22.1 Å². The van der Waals surface area contributed by atoms with Gasteiger partial charge in [0.1, 0.15) is 5.82 Å². The summed E-state index contributed by atoms with van der Waals surface area (Å²) in [5.74, 6) is 1.60. The summed E-state index contributed by atoms with van der Waals surface area (Å²) in [6.45, 7) is 5.26. The zero-order valence-corrected chi connectivity index (χ0v) is 12.4. The molecule has 0 aliphatic carbocycles. The van der Waals surface area contributed by atoms with E-state index in [1.165, 1.54) is 4.31 Å². The Morgan fingerprint density at radius 3 is 2.84 bits per heavy atom. The van der Waals surface area contributed by atoms with Gasteiger partial charge in [-0.2, -0.15) is 22.1 Å². The zero-order chi connectivity index (χ0) is 14.0. The molecule has 1 aromatic rings. The van der Waals surface area contributed by atoms with E-state index in [0.29, 0.717) is 30.7 Å². The van der Waals surface area contributed by atoms with Crippen molar-refractivity contribution in [3.63, 3.8) is 0 Å². The standard InChI is InChI=1S/C11H21N5O2S/c1-9-5-4-6-16(7-9)19(17,18)15(3)8-11-12-10(2)13-14-11/h9H,4-8H2,1-3H3,(H,12,13,14). The molecule has 2 rings (SSSR count). The maximum atomic E-state index is 12.4. The second-order valence-electron chi connectivity index (χ2n) is 5.21. The van der Waals surface area contributed by atoms with Crippen LogP contribution in [0.5, 0.6) is 0 Å². The van der Waals surface area contributed by atoms with Crippen LogP contribution in [-0.2, 0) is 16.8 Å². The lowest BCUT2D eigenvalue weighted by Gasteiger charge is -2.32. The minimum atomic E-state index is -3.41. The first kappa shape index (κ1) is 14.4. The lowest BCUT2D eigenvalue weighted by atomic mass is 10.0. The molecule has 0 amide bonds. The van der Waals surface area contributed by atoms with Crippen LogP contribution in [0.4, 0.5) is 0 Å². The highest BCUT2D eigenvalue weighted by Crippen LogP contribution is 2.20. The summed E-state index contributed by atoms with van der Waals surface area (Å²) in [5, 5.41) is 6.68. The van der Waals surface area contributed by atoms with Crippen LogP contribution in [-0.4, -0.2) is 52.3 Å². The largest absolute Gasteiger partial charge is 0.282 e. The number of rotatable bonds is 4. The molecule has 1 N–H and O–H groups in total. The van der Waals surface area contributed by atoms with Crippen molar-refractivity contribution >= 4 is 10.2 Å². The third kappa shape index (κ3) is 3.31. The van der Waals surface area contributed by atoms with E-state index in [1.54, 1.807) is 18.3 Å². The van der Waals surface area contributed by atoms with E-state index in [1.807, 2.05) is 0 Å². The SMILES string of the molecule is Cc1nc(CN(C)S(=O)(=O)N2CCCC(C)C2)n[nH]1. The van der Waals surface area contributed by atoms with E-state index >= 15 is 0 Å². The van der Waals surface area contributed by atoms with Gasteiger partial charge in [-0.3, -0.25) is 5.10 Å². The highest BCUT2D eigenvalue weighted by molar-refractivity contribution is 7.86. The molecule has 2 heterocycles. The normalized spacial score (nSPS) is 22.0. The third-order valence-corrected chi connectivity index (χ3v) is 5.25. The average Bonchev–Trinajstić information content (AvgIpc) is 2.74.